The molecule has 4 nitrogen and oxygen atoms in total. The predicted molar refractivity (Wildman–Crippen MR) is 116 cm³/mol. The molecule has 1 N–H and O–H groups in total. The molecule has 148 valence electrons. The normalized spacial score (nSPS) is 13.4. The maximum Gasteiger partial charge on any atom is 0.123 e. The highest BCUT2D eigenvalue weighted by molar-refractivity contribution is 7.96. The first-order valence-electron chi connectivity index (χ1n) is 9.13. The van der Waals surface area contributed by atoms with Crippen LogP contribution in [0.25, 0.3) is 21.8 Å². The molecule has 3 aromatic rings. The van der Waals surface area contributed by atoms with E-state index in [1.165, 1.54) is 12.3 Å². The van der Waals surface area contributed by atoms with Crippen molar-refractivity contribution in [2.75, 3.05) is 19.3 Å². The average Bonchev–Trinajstić information content (AvgIpc) is 3.00. The molecule has 0 radical (unpaired) electrons. The molecule has 0 aliphatic carbocycles. The summed E-state index contributed by atoms with van der Waals surface area (Å²) in [5.74, 6) is 0.523. The van der Waals surface area contributed by atoms with Gasteiger partial charge in [0.1, 0.15) is 11.6 Å². The summed E-state index contributed by atoms with van der Waals surface area (Å²) < 4.78 is 23.3. The first-order valence-corrected chi connectivity index (χ1v) is 10.3. The van der Waals surface area contributed by atoms with Crippen LogP contribution in [0.15, 0.2) is 67.1 Å². The molecule has 0 saturated carbocycles. The number of halogens is 1. The highest BCUT2D eigenvalue weighted by Gasteiger charge is 2.17. The molecule has 0 bridgehead atoms. The van der Waals surface area contributed by atoms with Crippen molar-refractivity contribution in [1.82, 2.24) is 8.87 Å². The summed E-state index contributed by atoms with van der Waals surface area (Å²) in [7, 11) is 0. The van der Waals surface area contributed by atoms with Gasteiger partial charge in [0.2, 0.25) is 0 Å². The van der Waals surface area contributed by atoms with Crippen molar-refractivity contribution in [3.63, 3.8) is 0 Å². The fraction of sp³-hybridized carbons (Fsp3) is 0.273. The number of hydrogen-bond acceptors (Lipinski definition) is 4. The minimum absolute atomic E-state index is 0.259. The van der Waals surface area contributed by atoms with Gasteiger partial charge in [-0.1, -0.05) is 36.7 Å². The Kier molecular flexibility index (Phi) is 6.78. The second-order valence-electron chi connectivity index (χ2n) is 6.49. The van der Waals surface area contributed by atoms with E-state index < -0.39 is 6.10 Å². The van der Waals surface area contributed by atoms with Gasteiger partial charge in [0.05, 0.1) is 25.5 Å². The van der Waals surface area contributed by atoms with Crippen LogP contribution >= 0.6 is 11.9 Å². The summed E-state index contributed by atoms with van der Waals surface area (Å²) in [6.45, 7) is 6.95. The van der Waals surface area contributed by atoms with Crippen molar-refractivity contribution in [3.05, 3.63) is 73.0 Å². The van der Waals surface area contributed by atoms with E-state index in [1.807, 2.05) is 47.8 Å². The van der Waals surface area contributed by atoms with E-state index >= 15 is 0 Å². The van der Waals surface area contributed by atoms with Gasteiger partial charge in [0.15, 0.2) is 0 Å². The summed E-state index contributed by atoms with van der Waals surface area (Å²) in [4.78, 5) is 0. The Labute approximate surface area is 169 Å². The van der Waals surface area contributed by atoms with Crippen molar-refractivity contribution >= 4 is 33.8 Å². The topological polar surface area (TPSA) is 37.6 Å². The molecule has 0 saturated heterocycles. The van der Waals surface area contributed by atoms with E-state index in [9.17, 15) is 9.50 Å². The van der Waals surface area contributed by atoms with Gasteiger partial charge >= 0.3 is 0 Å². The van der Waals surface area contributed by atoms with Gasteiger partial charge in [-0.05, 0) is 43.5 Å². The molecule has 0 aliphatic rings. The van der Waals surface area contributed by atoms with Crippen LogP contribution < -0.4 is 0 Å². The Morgan fingerprint density at radius 2 is 2.04 bits per heavy atom. The maximum absolute atomic E-state index is 13.8. The van der Waals surface area contributed by atoms with E-state index in [0.717, 1.165) is 27.6 Å². The molecule has 0 spiro atoms. The van der Waals surface area contributed by atoms with Crippen LogP contribution in [0.5, 0.6) is 0 Å². The number of allylic oxidation sites excluding steroid dienone is 1. The number of fused-ring (bicyclic) bond motifs is 3. The number of para-hydroxylation sites is 1. The van der Waals surface area contributed by atoms with Crippen LogP contribution in [0.2, 0.25) is 0 Å². The van der Waals surface area contributed by atoms with Gasteiger partial charge in [-0.3, -0.25) is 0 Å². The van der Waals surface area contributed by atoms with Crippen LogP contribution in [0.3, 0.4) is 0 Å². The minimum Gasteiger partial charge on any atom is -0.469 e. The lowest BCUT2D eigenvalue weighted by atomic mass is 10.1. The largest absolute Gasteiger partial charge is 0.469 e. The molecule has 2 aromatic carbocycles. The first-order chi connectivity index (χ1) is 13.6. The zero-order valence-corrected chi connectivity index (χ0v) is 17.0. The summed E-state index contributed by atoms with van der Waals surface area (Å²) in [6.07, 6.45) is 4.66. The van der Waals surface area contributed by atoms with Gasteiger partial charge in [-0.2, -0.15) is 0 Å². The second-order valence-corrected chi connectivity index (χ2v) is 7.37. The van der Waals surface area contributed by atoms with Crippen LogP contribution in [-0.4, -0.2) is 39.4 Å². The lowest BCUT2D eigenvalue weighted by molar-refractivity contribution is 0.132. The smallest absolute Gasteiger partial charge is 0.123 e. The summed E-state index contributed by atoms with van der Waals surface area (Å²) >= 11 is 1.55. The number of benzene rings is 2. The number of rotatable bonds is 9. The van der Waals surface area contributed by atoms with Crippen molar-refractivity contribution in [2.45, 2.75) is 19.6 Å². The molecule has 1 heterocycles. The molecule has 1 atom stereocenters. The highest BCUT2D eigenvalue weighted by Crippen LogP contribution is 2.30. The number of ether oxygens (including phenoxy) is 1. The lowest BCUT2D eigenvalue weighted by Crippen LogP contribution is -2.31. The van der Waals surface area contributed by atoms with Crippen molar-refractivity contribution in [2.24, 2.45) is 0 Å². The number of nitrogens with zero attached hydrogens (tertiary/aromatic N) is 2. The van der Waals surface area contributed by atoms with Gasteiger partial charge in [-0.25, -0.2) is 8.70 Å². The zero-order valence-electron chi connectivity index (χ0n) is 16.1. The molecular weight excluding hydrogens is 375 g/mol. The number of hydrogen-bond donors (Lipinski definition) is 1. The average molecular weight is 401 g/mol. The molecule has 28 heavy (non-hydrogen) atoms. The molecule has 0 aliphatic heterocycles. The van der Waals surface area contributed by atoms with Crippen molar-refractivity contribution in [1.29, 1.82) is 0 Å². The van der Waals surface area contributed by atoms with Gasteiger partial charge < -0.3 is 14.4 Å². The fourth-order valence-electron chi connectivity index (χ4n) is 3.41. The highest BCUT2D eigenvalue weighted by atomic mass is 32.2. The third-order valence-corrected chi connectivity index (χ3v) is 5.48. The lowest BCUT2D eigenvalue weighted by Gasteiger charge is -2.24. The Morgan fingerprint density at radius 3 is 2.75 bits per heavy atom. The minimum atomic E-state index is -0.599. The monoisotopic (exact) mass is 400 g/mol. The van der Waals surface area contributed by atoms with E-state index in [0.29, 0.717) is 19.6 Å². The van der Waals surface area contributed by atoms with Crippen LogP contribution in [-0.2, 0) is 11.3 Å². The Morgan fingerprint density at radius 1 is 1.29 bits per heavy atom. The summed E-state index contributed by atoms with van der Waals surface area (Å²) in [6, 6.07) is 12.7. The SMILES string of the molecule is C=CO/C(=C\C)CN(CC(O)Cn1c2ccccc2c2cc(F)ccc21)SC. The standard InChI is InChI=1S/C22H25FN2O2S/c1-4-18(27-5-2)15-24(28-3)13-17(26)14-25-21-9-7-6-8-19(21)20-12-16(23)10-11-22(20)25/h4-12,17,26H,2,13-15H2,1,3H3/b18-4-. The molecule has 6 heteroatoms. The molecular formula is C22H25FN2O2S. The molecule has 0 fully saturated rings. The number of aliphatic hydroxyl groups excluding tert-OH is 1. The van der Waals surface area contributed by atoms with E-state index in [1.54, 1.807) is 24.1 Å². The van der Waals surface area contributed by atoms with Crippen LogP contribution in [0, 0.1) is 5.82 Å². The summed E-state index contributed by atoms with van der Waals surface area (Å²) in [5.41, 5.74) is 1.91. The fourth-order valence-corrected chi connectivity index (χ4v) is 3.98. The van der Waals surface area contributed by atoms with Gasteiger partial charge in [0.25, 0.3) is 0 Å². The van der Waals surface area contributed by atoms with Gasteiger partial charge in [-0.15, -0.1) is 0 Å². The molecule has 0 amide bonds. The van der Waals surface area contributed by atoms with Crippen molar-refractivity contribution in [3.8, 4) is 0 Å². The zero-order chi connectivity index (χ0) is 20.1. The first kappa shape index (κ1) is 20.5. The quantitative estimate of drug-likeness (QED) is 0.408. The molecule has 3 rings (SSSR count). The third-order valence-electron chi connectivity index (χ3n) is 4.69. The second kappa shape index (κ2) is 9.28. The summed E-state index contributed by atoms with van der Waals surface area (Å²) in [5, 5.41) is 12.6. The number of aromatic nitrogens is 1. The van der Waals surface area contributed by atoms with E-state index in [-0.39, 0.29) is 5.82 Å². The van der Waals surface area contributed by atoms with Crippen molar-refractivity contribution < 1.29 is 14.2 Å². The predicted octanol–water partition coefficient (Wildman–Crippen LogP) is 4.94. The molecule has 1 unspecified atom stereocenters. The van der Waals surface area contributed by atoms with E-state index in [2.05, 4.69) is 11.1 Å². The van der Waals surface area contributed by atoms with Crippen LogP contribution in [0.1, 0.15) is 6.92 Å². The van der Waals surface area contributed by atoms with E-state index in [4.69, 9.17) is 4.74 Å². The number of aliphatic hydroxyl groups is 1. The maximum atomic E-state index is 13.8. The van der Waals surface area contributed by atoms with Crippen LogP contribution in [0.4, 0.5) is 4.39 Å². The molecule has 1 aromatic heterocycles. The third kappa shape index (κ3) is 4.41. The van der Waals surface area contributed by atoms with Gasteiger partial charge in [0, 0.05) is 28.4 Å². The Hall–Kier alpha value is -2.28. The Balaban J connectivity index is 1.84. The Bertz CT molecular complexity index is 999.